The smallest absolute Gasteiger partial charge is 0.748 e. The summed E-state index contributed by atoms with van der Waals surface area (Å²) in [6, 6.07) is 8.64. The van der Waals surface area contributed by atoms with Crippen molar-refractivity contribution in [3.8, 4) is 11.3 Å². The fourth-order valence-corrected chi connectivity index (χ4v) is 10.2. The minimum atomic E-state index is -4.89. The van der Waals surface area contributed by atoms with Gasteiger partial charge in [-0.2, -0.15) is 0 Å². The summed E-state index contributed by atoms with van der Waals surface area (Å²) < 4.78 is 138. The van der Waals surface area contributed by atoms with E-state index in [2.05, 4.69) is 4.72 Å². The van der Waals surface area contributed by atoms with E-state index < -0.39 is 62.1 Å². The van der Waals surface area contributed by atoms with Gasteiger partial charge in [-0.05, 0) is 87.1 Å². The largest absolute Gasteiger partial charge is 1.00 e. The molecule has 1 aromatic carbocycles. The molecule has 0 fully saturated rings. The number of aliphatic carboxylic acids is 1. The third-order valence-electron chi connectivity index (χ3n) is 10.2. The average Bonchev–Trinajstić information content (AvgIpc) is 3.37. The number of anilines is 1. The SMILES string of the molecule is CC[N+](CCCS(C)(=O)=O)=c1cc2occc(/C=C/C=C3/N(CCCCCC(=O)O)c4ccc(S(=O)(=O)[O-])cc4C3(C)CCCS(=O)(=O)[O-])c-2cc1S(=O)(=O)NCCOC.[Na+].[Na+]. The average molecular weight is 961 g/mol. The number of nitrogens with one attached hydrogen (secondary N) is 1. The van der Waals surface area contributed by atoms with E-state index in [9.17, 15) is 47.6 Å². The van der Waals surface area contributed by atoms with E-state index in [-0.39, 0.29) is 115 Å². The van der Waals surface area contributed by atoms with E-state index in [0.29, 0.717) is 71.5 Å². The quantitative estimate of drug-likeness (QED) is 0.0418. The predicted octanol–water partition coefficient (Wildman–Crippen LogP) is -2.91. The Hall–Kier alpha value is -1.96. The van der Waals surface area contributed by atoms with Gasteiger partial charge in [0, 0.05) is 67.4 Å². The number of carboxylic acids is 1. The molecule has 23 heteroatoms. The van der Waals surface area contributed by atoms with Gasteiger partial charge in [0.1, 0.15) is 38.8 Å². The molecular formula is C39H52N3Na2O14S4+. The molecule has 1 aliphatic carbocycles. The molecule has 17 nitrogen and oxygen atoms in total. The summed E-state index contributed by atoms with van der Waals surface area (Å²) in [5.41, 5.74) is 1.40. The van der Waals surface area contributed by atoms with Crippen LogP contribution in [0.25, 0.3) is 17.4 Å². The van der Waals surface area contributed by atoms with Crippen molar-refractivity contribution in [2.75, 3.05) is 62.6 Å². The number of hydrogen-bond donors (Lipinski definition) is 2. The molecule has 4 rings (SSSR count). The Labute approximate surface area is 409 Å². The maximum atomic E-state index is 13.8. The second-order valence-corrected chi connectivity index (χ2v) is 21.6. The summed E-state index contributed by atoms with van der Waals surface area (Å²) in [5, 5.41) is 9.43. The molecule has 2 heterocycles. The molecule has 2 N–H and O–H groups in total. The maximum Gasteiger partial charge on any atom is 1.00 e. The minimum Gasteiger partial charge on any atom is -0.748 e. The molecule has 0 saturated carbocycles. The minimum absolute atomic E-state index is 0. The summed E-state index contributed by atoms with van der Waals surface area (Å²) >= 11 is 0. The maximum absolute atomic E-state index is 13.8. The Bertz CT molecular complexity index is 2600. The number of sulfone groups is 1. The van der Waals surface area contributed by atoms with Crippen molar-refractivity contribution in [3.05, 3.63) is 77.0 Å². The van der Waals surface area contributed by atoms with Crippen LogP contribution in [0.2, 0.25) is 0 Å². The second kappa shape index (κ2) is 24.0. The Kier molecular flexibility index (Phi) is 21.7. The van der Waals surface area contributed by atoms with Gasteiger partial charge in [-0.3, -0.25) is 4.79 Å². The number of sulfonamides is 1. The predicted molar refractivity (Wildman–Crippen MR) is 224 cm³/mol. The summed E-state index contributed by atoms with van der Waals surface area (Å²) in [4.78, 5) is 12.5. The van der Waals surface area contributed by atoms with Crippen molar-refractivity contribution in [3.63, 3.8) is 0 Å². The first-order valence-corrected chi connectivity index (χ1v) is 25.8. The molecule has 0 spiro atoms. The van der Waals surface area contributed by atoms with E-state index in [1.54, 1.807) is 41.9 Å². The number of ether oxygens (including phenoxy) is 1. The van der Waals surface area contributed by atoms with E-state index in [0.717, 1.165) is 6.26 Å². The van der Waals surface area contributed by atoms with E-state index in [1.165, 1.54) is 37.6 Å². The molecule has 0 radical (unpaired) electrons. The third kappa shape index (κ3) is 15.6. The molecule has 1 unspecified atom stereocenters. The molecule has 1 atom stereocenters. The summed E-state index contributed by atoms with van der Waals surface area (Å²) in [6.45, 7) is 4.60. The van der Waals surface area contributed by atoms with Gasteiger partial charge < -0.3 is 28.3 Å². The fraction of sp³-hybridized carbons (Fsp3) is 0.487. The van der Waals surface area contributed by atoms with Crippen molar-refractivity contribution in [1.29, 1.82) is 0 Å². The fourth-order valence-electron chi connectivity index (χ4n) is 7.33. The molecule has 62 heavy (non-hydrogen) atoms. The number of fused-ring (bicyclic) bond motifs is 2. The first-order chi connectivity index (χ1) is 28.0. The number of nitrogens with zero attached hydrogens (tertiary/aromatic N) is 2. The number of allylic oxidation sites excluding steroid dienone is 3. The molecule has 0 aromatic heterocycles. The zero-order valence-electron chi connectivity index (χ0n) is 36.0. The number of rotatable bonds is 23. The van der Waals surface area contributed by atoms with Gasteiger partial charge in [0.05, 0.1) is 39.7 Å². The number of hydrogen-bond acceptors (Lipinski definition) is 14. The van der Waals surface area contributed by atoms with Crippen molar-refractivity contribution in [2.24, 2.45) is 0 Å². The zero-order chi connectivity index (χ0) is 44.5. The van der Waals surface area contributed by atoms with Crippen LogP contribution in [0.15, 0.2) is 74.7 Å². The molecule has 0 amide bonds. The number of unbranched alkanes of at least 4 members (excludes halogenated alkanes) is 2. The zero-order valence-corrected chi connectivity index (χ0v) is 43.2. The van der Waals surface area contributed by atoms with Crippen molar-refractivity contribution in [2.45, 2.75) is 74.0 Å². The van der Waals surface area contributed by atoms with Crippen LogP contribution in [-0.2, 0) is 55.0 Å². The molecule has 3 aliphatic rings. The van der Waals surface area contributed by atoms with Crippen molar-refractivity contribution < 1.29 is 121 Å². The van der Waals surface area contributed by atoms with Crippen LogP contribution in [0.5, 0.6) is 0 Å². The first-order valence-electron chi connectivity index (χ1n) is 19.2. The molecular weight excluding hydrogens is 909 g/mol. The van der Waals surface area contributed by atoms with Crippen LogP contribution in [0.4, 0.5) is 5.69 Å². The van der Waals surface area contributed by atoms with Gasteiger partial charge >= 0.3 is 65.1 Å². The monoisotopic (exact) mass is 960 g/mol. The normalized spacial score (nSPS) is 16.9. The topological polar surface area (TPSA) is 261 Å². The van der Waals surface area contributed by atoms with Crippen LogP contribution in [0.1, 0.15) is 69.9 Å². The van der Waals surface area contributed by atoms with Gasteiger partial charge in [-0.15, -0.1) is 0 Å². The Balaban J connectivity index is 0.00000661. The number of carbonyl (C=O) groups is 1. The van der Waals surface area contributed by atoms with Gasteiger partial charge in [0.2, 0.25) is 15.4 Å². The van der Waals surface area contributed by atoms with Crippen molar-refractivity contribution >= 4 is 57.8 Å². The Morgan fingerprint density at radius 2 is 1.68 bits per heavy atom. The van der Waals surface area contributed by atoms with Crippen LogP contribution in [0.3, 0.4) is 0 Å². The number of methoxy groups -OCH3 is 1. The molecule has 0 bridgehead atoms. The molecule has 2 aliphatic heterocycles. The summed E-state index contributed by atoms with van der Waals surface area (Å²) in [7, 11) is -15.5. The van der Waals surface area contributed by atoms with Gasteiger partial charge in [-0.25, -0.2) is 43.0 Å². The van der Waals surface area contributed by atoms with Gasteiger partial charge in [0.15, 0.2) is 4.90 Å². The first kappa shape index (κ1) is 56.2. The van der Waals surface area contributed by atoms with Gasteiger partial charge in [0.25, 0.3) is 0 Å². The van der Waals surface area contributed by atoms with Crippen molar-refractivity contribution in [1.82, 2.24) is 9.30 Å². The van der Waals surface area contributed by atoms with Crippen LogP contribution in [-0.4, -0.2) is 112 Å². The van der Waals surface area contributed by atoms with E-state index in [4.69, 9.17) is 14.3 Å². The molecule has 332 valence electrons. The number of benzene rings is 2. The second-order valence-electron chi connectivity index (χ2n) is 14.7. The summed E-state index contributed by atoms with van der Waals surface area (Å²) in [6.07, 6.45) is 9.36. The van der Waals surface area contributed by atoms with E-state index >= 15 is 0 Å². The van der Waals surface area contributed by atoms with Crippen LogP contribution >= 0.6 is 0 Å². The third-order valence-corrected chi connectivity index (χ3v) is 14.4. The number of carboxylic acid groups (broad SMARTS) is 1. The van der Waals surface area contributed by atoms with Gasteiger partial charge in [-0.1, -0.05) is 18.6 Å². The Morgan fingerprint density at radius 3 is 2.29 bits per heavy atom. The van der Waals surface area contributed by atoms with Crippen LogP contribution < -0.4 is 78.7 Å². The van der Waals surface area contributed by atoms with Crippen LogP contribution in [0, 0.1) is 0 Å². The molecule has 0 saturated heterocycles. The van der Waals surface area contributed by atoms with E-state index in [1.807, 2.05) is 11.8 Å². The standard InChI is InChI=1S/C39H53N3O14S4.2Na/c1-5-41(20-11-24-57(4,45)46)34-28-35-31(27-36(34)59(50,51)40-19-23-55-3)29(17-22-56-35)12-9-13-37-39(2,18-10-25-58(47,48)49)32-26-30(60(52,53)54)15-16-33(32)42(37)21-8-6-7-14-38(43)44;;/h9,12-13,15-17,22,26-28,40H,5-8,10-11,14,18-21,23-25H2,1-4H3,(H2-,43,44,47,48,49,52,53,54);;/q;2*+1/p-1. The summed E-state index contributed by atoms with van der Waals surface area (Å²) in [5.74, 6) is -1.39. The molecule has 1 aromatic rings. The Morgan fingerprint density at radius 1 is 0.968 bits per heavy atom.